The number of nitrogens with zero attached hydrogens (tertiary/aromatic N) is 2. The van der Waals surface area contributed by atoms with Gasteiger partial charge in [0, 0.05) is 17.1 Å². The molecule has 1 aliphatic heterocycles. The molecule has 29 heavy (non-hydrogen) atoms. The summed E-state index contributed by atoms with van der Waals surface area (Å²) < 4.78 is 5.18. The Bertz CT molecular complexity index is 972. The number of benzene rings is 2. The molecule has 7 nitrogen and oxygen atoms in total. The molecule has 2 aromatic carbocycles. The van der Waals surface area contributed by atoms with Crippen LogP contribution in [0.1, 0.15) is 23.7 Å². The molecule has 0 aliphatic carbocycles. The third-order valence-corrected chi connectivity index (χ3v) is 5.47. The lowest BCUT2D eigenvalue weighted by Gasteiger charge is -2.22. The van der Waals surface area contributed by atoms with Crippen LogP contribution < -0.4 is 10.2 Å². The highest BCUT2D eigenvalue weighted by molar-refractivity contribution is 8.00. The summed E-state index contributed by atoms with van der Waals surface area (Å²) in [5.74, 6) is -1.21. The number of ether oxygens (including phenoxy) is 1. The molecule has 0 radical (unpaired) electrons. The Morgan fingerprint density at radius 3 is 2.72 bits per heavy atom. The largest absolute Gasteiger partial charge is 0.452 e. The second kappa shape index (κ2) is 9.26. The van der Waals surface area contributed by atoms with Crippen LogP contribution >= 0.6 is 11.8 Å². The van der Waals surface area contributed by atoms with Gasteiger partial charge in [0.15, 0.2) is 6.61 Å². The third-order valence-electron chi connectivity index (χ3n) is 4.29. The number of anilines is 2. The molecule has 0 fully saturated rings. The molecule has 0 bridgehead atoms. The molecule has 3 rings (SSSR count). The Hall–Kier alpha value is -3.31. The fourth-order valence-corrected chi connectivity index (χ4v) is 3.72. The fraction of sp³-hybridized carbons (Fsp3) is 0.238. The molecule has 0 saturated heterocycles. The Labute approximate surface area is 172 Å². The maximum Gasteiger partial charge on any atom is 0.338 e. The van der Waals surface area contributed by atoms with E-state index in [2.05, 4.69) is 5.32 Å². The standard InChI is InChI=1S/C21H19N3O4S/c1-14-20(26)23-17-12-15(8-9-18(17)29-14)21(27)28-13-19(25)24(11-5-10-22)16-6-3-2-4-7-16/h2-4,6-9,12,14H,5,11,13H2,1H3,(H,23,26). The number of amides is 2. The summed E-state index contributed by atoms with van der Waals surface area (Å²) in [4.78, 5) is 39.1. The van der Waals surface area contributed by atoms with Gasteiger partial charge in [0.05, 0.1) is 29.0 Å². The summed E-state index contributed by atoms with van der Waals surface area (Å²) in [5, 5.41) is 11.4. The Morgan fingerprint density at radius 2 is 2.00 bits per heavy atom. The van der Waals surface area contributed by atoms with Gasteiger partial charge >= 0.3 is 5.97 Å². The maximum atomic E-state index is 12.6. The van der Waals surface area contributed by atoms with Crippen molar-refractivity contribution in [1.82, 2.24) is 0 Å². The first kappa shape index (κ1) is 20.4. The van der Waals surface area contributed by atoms with E-state index in [1.165, 1.54) is 16.7 Å². The van der Waals surface area contributed by atoms with Gasteiger partial charge in [0.1, 0.15) is 0 Å². The van der Waals surface area contributed by atoms with Gasteiger partial charge in [-0.1, -0.05) is 18.2 Å². The van der Waals surface area contributed by atoms with Crippen molar-refractivity contribution in [1.29, 1.82) is 5.26 Å². The van der Waals surface area contributed by atoms with Gasteiger partial charge in [0.2, 0.25) is 5.91 Å². The highest BCUT2D eigenvalue weighted by Crippen LogP contribution is 2.36. The van der Waals surface area contributed by atoms with Gasteiger partial charge in [-0.3, -0.25) is 9.59 Å². The van der Waals surface area contributed by atoms with E-state index in [1.54, 1.807) is 42.5 Å². The smallest absolute Gasteiger partial charge is 0.338 e. The Balaban J connectivity index is 1.66. The van der Waals surface area contributed by atoms with Gasteiger partial charge in [-0.05, 0) is 37.3 Å². The molecule has 148 valence electrons. The predicted octanol–water partition coefficient (Wildman–Crippen LogP) is 3.22. The van der Waals surface area contributed by atoms with Crippen LogP contribution in [0.15, 0.2) is 53.4 Å². The summed E-state index contributed by atoms with van der Waals surface area (Å²) in [6.45, 7) is 1.56. The molecule has 1 heterocycles. The maximum absolute atomic E-state index is 12.6. The van der Waals surface area contributed by atoms with Gasteiger partial charge in [0.25, 0.3) is 5.91 Å². The van der Waals surface area contributed by atoms with Crippen LogP contribution in [-0.2, 0) is 14.3 Å². The molecule has 0 spiro atoms. The SMILES string of the molecule is CC1Sc2ccc(C(=O)OCC(=O)N(CCC#N)c3ccccc3)cc2NC1=O. The number of nitrogens with one attached hydrogen (secondary N) is 1. The molecular weight excluding hydrogens is 390 g/mol. The van der Waals surface area contributed by atoms with Crippen LogP contribution in [0.25, 0.3) is 0 Å². The highest BCUT2D eigenvalue weighted by atomic mass is 32.2. The first-order valence-corrected chi connectivity index (χ1v) is 9.88. The van der Waals surface area contributed by atoms with Gasteiger partial charge in [-0.25, -0.2) is 4.79 Å². The minimum atomic E-state index is -0.660. The van der Waals surface area contributed by atoms with Crippen molar-refractivity contribution in [3.8, 4) is 6.07 Å². The summed E-state index contributed by atoms with van der Waals surface area (Å²) in [6, 6.07) is 15.8. The summed E-state index contributed by atoms with van der Waals surface area (Å²) in [6.07, 6.45) is 0.162. The molecule has 1 unspecified atom stereocenters. The van der Waals surface area contributed by atoms with Crippen LogP contribution in [-0.4, -0.2) is 36.2 Å². The number of para-hydroxylation sites is 1. The van der Waals surface area contributed by atoms with Crippen molar-refractivity contribution >= 4 is 40.9 Å². The van der Waals surface area contributed by atoms with Crippen molar-refractivity contribution in [3.63, 3.8) is 0 Å². The number of thioether (sulfide) groups is 1. The van der Waals surface area contributed by atoms with Gasteiger partial charge < -0.3 is 15.0 Å². The number of carbonyl (C=O) groups is 3. The molecule has 1 N–H and O–H groups in total. The molecular formula is C21H19N3O4S. The van der Waals surface area contributed by atoms with Crippen molar-refractivity contribution < 1.29 is 19.1 Å². The lowest BCUT2D eigenvalue weighted by atomic mass is 10.2. The summed E-state index contributed by atoms with van der Waals surface area (Å²) in [7, 11) is 0. The molecule has 1 atom stereocenters. The van der Waals surface area contributed by atoms with Crippen LogP contribution in [0, 0.1) is 11.3 Å². The van der Waals surface area contributed by atoms with Crippen molar-refractivity contribution in [3.05, 3.63) is 54.1 Å². The van der Waals surface area contributed by atoms with E-state index in [0.717, 1.165) is 4.90 Å². The zero-order valence-electron chi connectivity index (χ0n) is 15.8. The number of nitriles is 1. The number of fused-ring (bicyclic) bond motifs is 1. The lowest BCUT2D eigenvalue weighted by Crippen LogP contribution is -2.35. The Kier molecular flexibility index (Phi) is 6.52. The number of hydrogen-bond acceptors (Lipinski definition) is 6. The van der Waals surface area contributed by atoms with Crippen LogP contribution in [0.4, 0.5) is 11.4 Å². The number of rotatable bonds is 6. The van der Waals surface area contributed by atoms with E-state index in [1.807, 2.05) is 19.1 Å². The van der Waals surface area contributed by atoms with Crippen molar-refractivity contribution in [2.45, 2.75) is 23.5 Å². The predicted molar refractivity (Wildman–Crippen MR) is 110 cm³/mol. The van der Waals surface area contributed by atoms with Gasteiger partial charge in [-0.15, -0.1) is 11.8 Å². The van der Waals surface area contributed by atoms with Crippen LogP contribution in [0.5, 0.6) is 0 Å². The topological polar surface area (TPSA) is 99.5 Å². The summed E-state index contributed by atoms with van der Waals surface area (Å²) >= 11 is 1.42. The molecule has 8 heteroatoms. The zero-order valence-corrected chi connectivity index (χ0v) is 16.6. The van der Waals surface area contributed by atoms with Crippen molar-refractivity contribution in [2.75, 3.05) is 23.4 Å². The normalized spacial score (nSPS) is 14.9. The second-order valence-electron chi connectivity index (χ2n) is 6.33. The Morgan fingerprint density at radius 1 is 1.24 bits per heavy atom. The average molecular weight is 409 g/mol. The first-order valence-electron chi connectivity index (χ1n) is 9.00. The molecule has 1 aliphatic rings. The van der Waals surface area contributed by atoms with E-state index in [9.17, 15) is 14.4 Å². The summed E-state index contributed by atoms with van der Waals surface area (Å²) in [5.41, 5.74) is 1.43. The highest BCUT2D eigenvalue weighted by Gasteiger charge is 2.24. The minimum Gasteiger partial charge on any atom is -0.452 e. The van der Waals surface area contributed by atoms with Gasteiger partial charge in [-0.2, -0.15) is 5.26 Å². The van der Waals surface area contributed by atoms with E-state index in [0.29, 0.717) is 11.4 Å². The third kappa shape index (κ3) is 4.95. The zero-order chi connectivity index (χ0) is 20.8. The quantitative estimate of drug-likeness (QED) is 0.736. The van der Waals surface area contributed by atoms with Crippen LogP contribution in [0.3, 0.4) is 0 Å². The average Bonchev–Trinajstić information content (AvgIpc) is 2.73. The molecule has 0 saturated carbocycles. The monoisotopic (exact) mass is 409 g/mol. The minimum absolute atomic E-state index is 0.126. The van der Waals surface area contributed by atoms with E-state index in [4.69, 9.17) is 10.00 Å². The van der Waals surface area contributed by atoms with E-state index >= 15 is 0 Å². The number of hydrogen-bond donors (Lipinski definition) is 1. The molecule has 2 amide bonds. The van der Waals surface area contributed by atoms with E-state index in [-0.39, 0.29) is 29.7 Å². The van der Waals surface area contributed by atoms with Crippen LogP contribution in [0.2, 0.25) is 0 Å². The van der Waals surface area contributed by atoms with E-state index < -0.39 is 18.5 Å². The van der Waals surface area contributed by atoms with Crippen molar-refractivity contribution in [2.24, 2.45) is 0 Å². The first-order chi connectivity index (χ1) is 14.0. The fourth-order valence-electron chi connectivity index (χ4n) is 2.79. The number of carbonyl (C=O) groups excluding carboxylic acids is 3. The lowest BCUT2D eigenvalue weighted by molar-refractivity contribution is -0.121. The molecule has 2 aromatic rings. The molecule has 0 aromatic heterocycles. The second-order valence-corrected chi connectivity index (χ2v) is 7.71. The number of esters is 1.